The summed E-state index contributed by atoms with van der Waals surface area (Å²) in [5, 5.41) is 2.60. The van der Waals surface area contributed by atoms with E-state index in [0.29, 0.717) is 18.9 Å². The Kier molecular flexibility index (Phi) is 3.28. The molecular formula is C12H17N2O2S+. The Morgan fingerprint density at radius 3 is 2.76 bits per heavy atom. The minimum atomic E-state index is -0.513. The van der Waals surface area contributed by atoms with Gasteiger partial charge in [-0.05, 0) is 12.3 Å². The molecule has 1 aliphatic rings. The molecule has 1 atom stereocenters. The molecule has 0 aromatic carbocycles. The van der Waals surface area contributed by atoms with Crippen molar-refractivity contribution in [2.24, 2.45) is 11.8 Å². The third-order valence-electron chi connectivity index (χ3n) is 2.88. The SMILES string of the molecule is CCC1C(=O)N(CC(C)C)c2scc[n+]2C1=O. The van der Waals surface area contributed by atoms with Gasteiger partial charge in [0.25, 0.3) is 0 Å². The minimum absolute atomic E-state index is 0.0475. The Labute approximate surface area is 105 Å². The molecule has 1 amide bonds. The summed E-state index contributed by atoms with van der Waals surface area (Å²) in [6.07, 6.45) is 2.32. The number of thiazole rings is 1. The number of fused-ring (bicyclic) bond motifs is 1. The van der Waals surface area contributed by atoms with Crippen LogP contribution in [-0.4, -0.2) is 18.4 Å². The molecule has 2 heterocycles. The van der Waals surface area contributed by atoms with Crippen LogP contribution in [0.5, 0.6) is 0 Å². The molecular weight excluding hydrogens is 236 g/mol. The van der Waals surface area contributed by atoms with E-state index in [0.717, 1.165) is 5.13 Å². The fraction of sp³-hybridized carbons (Fsp3) is 0.583. The molecule has 0 saturated heterocycles. The fourth-order valence-corrected chi connectivity index (χ4v) is 2.93. The van der Waals surface area contributed by atoms with Crippen molar-refractivity contribution >= 4 is 28.3 Å². The molecule has 4 nitrogen and oxygen atoms in total. The van der Waals surface area contributed by atoms with Crippen molar-refractivity contribution < 1.29 is 14.2 Å². The second-order valence-corrected chi connectivity index (χ2v) is 5.57. The first kappa shape index (κ1) is 12.2. The summed E-state index contributed by atoms with van der Waals surface area (Å²) in [4.78, 5) is 26.1. The standard InChI is InChI=1S/C12H17N2O2S/c1-4-9-10(15)13-5-6-17-12(13)14(11(9)16)7-8(2)3/h5-6,8-9H,4,7H2,1-3H3/q+1. The van der Waals surface area contributed by atoms with Gasteiger partial charge in [-0.1, -0.05) is 32.1 Å². The number of hydrogen-bond acceptors (Lipinski definition) is 3. The number of aromatic nitrogens is 1. The maximum Gasteiger partial charge on any atom is 0.351 e. The van der Waals surface area contributed by atoms with Gasteiger partial charge >= 0.3 is 16.9 Å². The maximum atomic E-state index is 12.3. The zero-order chi connectivity index (χ0) is 12.6. The van der Waals surface area contributed by atoms with Crippen LogP contribution < -0.4 is 9.47 Å². The monoisotopic (exact) mass is 253 g/mol. The highest BCUT2D eigenvalue weighted by molar-refractivity contribution is 7.13. The molecule has 0 fully saturated rings. The van der Waals surface area contributed by atoms with Crippen LogP contribution in [0.2, 0.25) is 0 Å². The second kappa shape index (κ2) is 4.56. The molecule has 1 unspecified atom stereocenters. The first-order chi connectivity index (χ1) is 8.06. The predicted octanol–water partition coefficient (Wildman–Crippen LogP) is 1.70. The van der Waals surface area contributed by atoms with Gasteiger partial charge in [0.15, 0.2) is 5.92 Å². The molecule has 0 saturated carbocycles. The molecule has 0 aliphatic carbocycles. The fourth-order valence-electron chi connectivity index (χ4n) is 2.07. The molecule has 2 rings (SSSR count). The quantitative estimate of drug-likeness (QED) is 0.608. The molecule has 1 aromatic heterocycles. The average molecular weight is 253 g/mol. The molecule has 1 aromatic rings. The van der Waals surface area contributed by atoms with E-state index in [1.807, 2.05) is 12.3 Å². The number of carbonyl (C=O) groups excluding carboxylic acids is 2. The molecule has 0 N–H and O–H groups in total. The van der Waals surface area contributed by atoms with Crippen molar-refractivity contribution in [3.8, 4) is 0 Å². The first-order valence-electron chi connectivity index (χ1n) is 5.91. The molecule has 0 bridgehead atoms. The lowest BCUT2D eigenvalue weighted by molar-refractivity contribution is -0.560. The van der Waals surface area contributed by atoms with Gasteiger partial charge < -0.3 is 0 Å². The van der Waals surface area contributed by atoms with Gasteiger partial charge in [-0.2, -0.15) is 9.47 Å². The Morgan fingerprint density at radius 1 is 1.47 bits per heavy atom. The number of hydrogen-bond donors (Lipinski definition) is 0. The zero-order valence-corrected chi connectivity index (χ0v) is 11.2. The highest BCUT2D eigenvalue weighted by Crippen LogP contribution is 2.25. The molecule has 92 valence electrons. The van der Waals surface area contributed by atoms with E-state index in [2.05, 4.69) is 13.8 Å². The van der Waals surface area contributed by atoms with Crippen LogP contribution in [0.3, 0.4) is 0 Å². The van der Waals surface area contributed by atoms with Gasteiger partial charge in [-0.25, -0.2) is 9.59 Å². The van der Waals surface area contributed by atoms with E-state index >= 15 is 0 Å². The van der Waals surface area contributed by atoms with Crippen molar-refractivity contribution in [3.63, 3.8) is 0 Å². The van der Waals surface area contributed by atoms with E-state index < -0.39 is 5.92 Å². The smallest absolute Gasteiger partial charge is 0.246 e. The summed E-state index contributed by atoms with van der Waals surface area (Å²) < 4.78 is 1.61. The second-order valence-electron chi connectivity index (χ2n) is 4.70. The topological polar surface area (TPSA) is 41.3 Å². The lowest BCUT2D eigenvalue weighted by Crippen LogP contribution is -2.60. The Balaban J connectivity index is 2.43. The van der Waals surface area contributed by atoms with Crippen LogP contribution in [0, 0.1) is 11.8 Å². The Morgan fingerprint density at radius 2 is 2.18 bits per heavy atom. The first-order valence-corrected chi connectivity index (χ1v) is 6.79. The van der Waals surface area contributed by atoms with Crippen molar-refractivity contribution in [1.82, 2.24) is 0 Å². The van der Waals surface area contributed by atoms with Crippen molar-refractivity contribution in [3.05, 3.63) is 11.6 Å². The number of amides is 1. The van der Waals surface area contributed by atoms with E-state index in [1.54, 1.807) is 15.7 Å². The van der Waals surface area contributed by atoms with E-state index in [-0.39, 0.29) is 11.8 Å². The summed E-state index contributed by atoms with van der Waals surface area (Å²) in [5.74, 6) is -0.261. The van der Waals surface area contributed by atoms with Crippen molar-refractivity contribution in [2.45, 2.75) is 27.2 Å². The van der Waals surface area contributed by atoms with Gasteiger partial charge in [0, 0.05) is 5.38 Å². The third kappa shape index (κ3) is 1.99. The Hall–Kier alpha value is -1.23. The molecule has 0 radical (unpaired) electrons. The average Bonchev–Trinajstić information content (AvgIpc) is 2.73. The highest BCUT2D eigenvalue weighted by atomic mass is 32.1. The van der Waals surface area contributed by atoms with Crippen LogP contribution in [0.15, 0.2) is 11.6 Å². The zero-order valence-electron chi connectivity index (χ0n) is 10.3. The summed E-state index contributed by atoms with van der Waals surface area (Å²) in [7, 11) is 0. The molecule has 0 spiro atoms. The van der Waals surface area contributed by atoms with Gasteiger partial charge in [-0.3, -0.25) is 0 Å². The van der Waals surface area contributed by atoms with Crippen LogP contribution >= 0.6 is 11.3 Å². The lowest BCUT2D eigenvalue weighted by Gasteiger charge is -2.24. The molecule has 1 aliphatic heterocycles. The van der Waals surface area contributed by atoms with Gasteiger partial charge in [0.05, 0.1) is 6.54 Å². The molecule has 17 heavy (non-hydrogen) atoms. The number of anilines is 1. The van der Waals surface area contributed by atoms with Crippen LogP contribution in [-0.2, 0) is 4.79 Å². The normalized spacial score (nSPS) is 20.0. The Bertz CT molecular complexity index is 453. The number of nitrogens with zero attached hydrogens (tertiary/aromatic N) is 2. The summed E-state index contributed by atoms with van der Waals surface area (Å²) in [5.41, 5.74) is 0. The van der Waals surface area contributed by atoms with E-state index in [9.17, 15) is 9.59 Å². The number of rotatable bonds is 3. The minimum Gasteiger partial charge on any atom is -0.246 e. The summed E-state index contributed by atoms with van der Waals surface area (Å²) in [6, 6.07) is 0. The maximum absolute atomic E-state index is 12.3. The highest BCUT2D eigenvalue weighted by Gasteiger charge is 2.46. The third-order valence-corrected chi connectivity index (χ3v) is 3.76. The van der Waals surface area contributed by atoms with E-state index in [4.69, 9.17) is 0 Å². The summed E-state index contributed by atoms with van der Waals surface area (Å²) in [6.45, 7) is 6.69. The van der Waals surface area contributed by atoms with Crippen molar-refractivity contribution in [2.75, 3.05) is 11.4 Å². The number of carbonyl (C=O) groups is 2. The van der Waals surface area contributed by atoms with Crippen LogP contribution in [0.25, 0.3) is 0 Å². The lowest BCUT2D eigenvalue weighted by atomic mass is 10.0. The van der Waals surface area contributed by atoms with Crippen LogP contribution in [0.4, 0.5) is 5.13 Å². The largest absolute Gasteiger partial charge is 0.351 e. The van der Waals surface area contributed by atoms with Crippen molar-refractivity contribution in [1.29, 1.82) is 0 Å². The predicted molar refractivity (Wildman–Crippen MR) is 66.1 cm³/mol. The summed E-state index contributed by atoms with van der Waals surface area (Å²) >= 11 is 1.44. The van der Waals surface area contributed by atoms with Gasteiger partial charge in [0.1, 0.15) is 6.20 Å². The molecule has 5 heteroatoms. The van der Waals surface area contributed by atoms with Gasteiger partial charge in [-0.15, -0.1) is 0 Å². The van der Waals surface area contributed by atoms with Crippen LogP contribution in [0.1, 0.15) is 32.0 Å². The van der Waals surface area contributed by atoms with E-state index in [1.165, 1.54) is 11.3 Å². The van der Waals surface area contributed by atoms with Gasteiger partial charge in [0.2, 0.25) is 0 Å².